The quantitative estimate of drug-likeness (QED) is 0.193. The number of furan rings is 1. The fraction of sp³-hybridized carbons (Fsp3) is 0.149. The van der Waals surface area contributed by atoms with Gasteiger partial charge in [0.15, 0.2) is 5.58 Å². The van der Waals surface area contributed by atoms with Crippen LogP contribution in [0.15, 0.2) is 138 Å². The maximum atomic E-state index is 6.61. The van der Waals surface area contributed by atoms with Crippen molar-refractivity contribution < 1.29 is 4.42 Å². The Balaban J connectivity index is 1.19. The lowest BCUT2D eigenvalue weighted by molar-refractivity contribution is 0.601. The summed E-state index contributed by atoms with van der Waals surface area (Å²) in [6.07, 6.45) is 0. The smallest absolute Gasteiger partial charge is 0.159 e. The Morgan fingerprint density at radius 2 is 1.16 bits per heavy atom. The van der Waals surface area contributed by atoms with Gasteiger partial charge in [-0.2, -0.15) is 0 Å². The van der Waals surface area contributed by atoms with E-state index in [4.69, 9.17) is 4.42 Å². The van der Waals surface area contributed by atoms with Crippen molar-refractivity contribution in [2.24, 2.45) is 0 Å². The van der Waals surface area contributed by atoms with Crippen molar-refractivity contribution in [3.8, 4) is 22.3 Å². The Kier molecular flexibility index (Phi) is 5.65. The van der Waals surface area contributed by atoms with E-state index in [9.17, 15) is 0 Å². The Labute approximate surface area is 287 Å². The van der Waals surface area contributed by atoms with Crippen LogP contribution in [0.3, 0.4) is 0 Å². The minimum Gasteiger partial charge on any atom is -0.454 e. The molecule has 0 saturated heterocycles. The second-order valence-electron chi connectivity index (χ2n) is 15.0. The van der Waals surface area contributed by atoms with E-state index in [1.165, 1.54) is 60.8 Å². The van der Waals surface area contributed by atoms with Crippen LogP contribution in [-0.2, 0) is 10.8 Å². The zero-order valence-corrected chi connectivity index (χ0v) is 28.6. The molecule has 0 spiro atoms. The molecule has 1 aromatic heterocycles. The van der Waals surface area contributed by atoms with E-state index >= 15 is 0 Å². The van der Waals surface area contributed by atoms with Crippen molar-refractivity contribution in [2.75, 3.05) is 4.90 Å². The number of aryl methyl sites for hydroxylation is 1. The molecule has 0 fully saturated rings. The Morgan fingerprint density at radius 1 is 0.510 bits per heavy atom. The minimum absolute atomic E-state index is 0.118. The topological polar surface area (TPSA) is 16.4 Å². The van der Waals surface area contributed by atoms with E-state index in [-0.39, 0.29) is 10.8 Å². The van der Waals surface area contributed by atoms with Gasteiger partial charge in [-0.3, -0.25) is 0 Å². The molecule has 1 heterocycles. The molecular weight excluding hydrogens is 595 g/mol. The summed E-state index contributed by atoms with van der Waals surface area (Å²) in [6.45, 7) is 11.8. The first-order valence-corrected chi connectivity index (χ1v) is 17.4. The van der Waals surface area contributed by atoms with Crippen LogP contribution in [0, 0.1) is 6.92 Å². The highest BCUT2D eigenvalue weighted by molar-refractivity contribution is 6.10. The molecule has 7 aromatic carbocycles. The average molecular weight is 632 g/mol. The third-order valence-electron chi connectivity index (χ3n) is 11.5. The van der Waals surface area contributed by atoms with E-state index in [1.54, 1.807) is 0 Å². The van der Waals surface area contributed by atoms with Gasteiger partial charge >= 0.3 is 0 Å². The first-order valence-electron chi connectivity index (χ1n) is 17.4. The summed E-state index contributed by atoms with van der Waals surface area (Å²) < 4.78 is 6.61. The van der Waals surface area contributed by atoms with Gasteiger partial charge in [-0.1, -0.05) is 130 Å². The largest absolute Gasteiger partial charge is 0.454 e. The van der Waals surface area contributed by atoms with Gasteiger partial charge in [-0.25, -0.2) is 0 Å². The fourth-order valence-corrected chi connectivity index (χ4v) is 9.14. The monoisotopic (exact) mass is 631 g/mol. The number of benzene rings is 7. The fourth-order valence-electron chi connectivity index (χ4n) is 9.14. The molecule has 0 N–H and O–H groups in total. The van der Waals surface area contributed by atoms with Gasteiger partial charge in [-0.15, -0.1) is 0 Å². The Morgan fingerprint density at radius 3 is 2.00 bits per heavy atom. The Hall–Kier alpha value is -5.60. The molecule has 0 unspecified atom stereocenters. The predicted octanol–water partition coefficient (Wildman–Crippen LogP) is 13.1. The molecule has 49 heavy (non-hydrogen) atoms. The van der Waals surface area contributed by atoms with Gasteiger partial charge in [0.05, 0.1) is 5.69 Å². The predicted molar refractivity (Wildman–Crippen MR) is 206 cm³/mol. The van der Waals surface area contributed by atoms with Crippen LogP contribution in [0.5, 0.6) is 0 Å². The van der Waals surface area contributed by atoms with Crippen LogP contribution in [0.1, 0.15) is 55.5 Å². The average Bonchev–Trinajstić information content (AvgIpc) is 3.69. The summed E-state index contributed by atoms with van der Waals surface area (Å²) in [7, 11) is 0. The van der Waals surface area contributed by atoms with Gasteiger partial charge in [0.2, 0.25) is 0 Å². The van der Waals surface area contributed by atoms with Crippen molar-refractivity contribution in [1.82, 2.24) is 0 Å². The van der Waals surface area contributed by atoms with Gasteiger partial charge in [-0.05, 0) is 98.6 Å². The van der Waals surface area contributed by atoms with E-state index in [0.29, 0.717) is 0 Å². The summed E-state index contributed by atoms with van der Waals surface area (Å²) in [4.78, 5) is 2.37. The van der Waals surface area contributed by atoms with Gasteiger partial charge in [0.25, 0.3) is 0 Å². The first kappa shape index (κ1) is 28.4. The normalized spacial score (nSPS) is 15.0. The van der Waals surface area contributed by atoms with Crippen molar-refractivity contribution in [3.63, 3.8) is 0 Å². The summed E-state index contributed by atoms with van der Waals surface area (Å²) in [5.41, 5.74) is 17.2. The molecule has 236 valence electrons. The molecule has 0 amide bonds. The molecule has 0 bridgehead atoms. The number of rotatable bonds is 3. The molecule has 10 rings (SSSR count). The first-order chi connectivity index (χ1) is 23.7. The number of hydrogen-bond donors (Lipinski definition) is 0. The molecular formula is C47H37NO. The third-order valence-corrected chi connectivity index (χ3v) is 11.5. The van der Waals surface area contributed by atoms with E-state index in [1.807, 2.05) is 6.07 Å². The van der Waals surface area contributed by atoms with Gasteiger partial charge in [0.1, 0.15) is 5.58 Å². The molecule has 2 aliphatic rings. The summed E-state index contributed by atoms with van der Waals surface area (Å²) >= 11 is 0. The van der Waals surface area contributed by atoms with E-state index in [2.05, 4.69) is 167 Å². The van der Waals surface area contributed by atoms with Crippen molar-refractivity contribution in [1.29, 1.82) is 0 Å². The van der Waals surface area contributed by atoms with Crippen LogP contribution >= 0.6 is 0 Å². The second-order valence-corrected chi connectivity index (χ2v) is 15.0. The van der Waals surface area contributed by atoms with Crippen LogP contribution in [0.25, 0.3) is 55.0 Å². The number of nitrogens with zero attached hydrogens (tertiary/aromatic N) is 1. The SMILES string of the molecule is Cc1ccc(N(c2ccc3c(c2)C(C)(C)c2c-3ccc3c2C(C)(C)c2ccc4ccccc4c2-3)c2cccc3c2oc2ccccc23)cc1. The third kappa shape index (κ3) is 3.77. The minimum atomic E-state index is -0.203. The molecule has 2 heteroatoms. The zero-order valence-electron chi connectivity index (χ0n) is 28.6. The molecule has 8 aromatic rings. The maximum Gasteiger partial charge on any atom is 0.159 e. The van der Waals surface area contributed by atoms with Crippen LogP contribution in [-0.4, -0.2) is 0 Å². The number of para-hydroxylation sites is 2. The lowest BCUT2D eigenvalue weighted by Gasteiger charge is -2.31. The van der Waals surface area contributed by atoms with Crippen molar-refractivity contribution in [3.05, 3.63) is 161 Å². The van der Waals surface area contributed by atoms with E-state index in [0.717, 1.165) is 39.0 Å². The highest BCUT2D eigenvalue weighted by Crippen LogP contribution is 2.60. The van der Waals surface area contributed by atoms with E-state index < -0.39 is 0 Å². The standard InChI is InChI=1S/C47H37NO/c1-28-17-20-30(21-18-28)48(40-15-10-14-36-34-13-8-9-16-41(34)49-45(36)40)31-22-23-33-35-24-25-37-42-32-12-7-6-11-29(32)19-26-38(42)46(2,3)44(37)43(35)47(4,5)39(33)27-31/h6-27H,1-5H3. The number of hydrogen-bond acceptors (Lipinski definition) is 2. The van der Waals surface area contributed by atoms with Crippen LogP contribution in [0.4, 0.5) is 17.1 Å². The van der Waals surface area contributed by atoms with Gasteiger partial charge in [0, 0.05) is 33.0 Å². The molecule has 0 saturated carbocycles. The molecule has 2 aliphatic carbocycles. The number of anilines is 3. The Bertz CT molecular complexity index is 2670. The maximum absolute atomic E-state index is 6.61. The molecule has 0 atom stereocenters. The van der Waals surface area contributed by atoms with Gasteiger partial charge < -0.3 is 9.32 Å². The zero-order chi connectivity index (χ0) is 33.2. The molecule has 0 aliphatic heterocycles. The lowest BCUT2D eigenvalue weighted by Crippen LogP contribution is -2.24. The molecule has 0 radical (unpaired) electrons. The number of fused-ring (bicyclic) bond motifs is 12. The van der Waals surface area contributed by atoms with Crippen molar-refractivity contribution in [2.45, 2.75) is 45.4 Å². The highest BCUT2D eigenvalue weighted by Gasteiger charge is 2.46. The van der Waals surface area contributed by atoms with Crippen LogP contribution in [0.2, 0.25) is 0 Å². The highest BCUT2D eigenvalue weighted by atomic mass is 16.3. The van der Waals surface area contributed by atoms with Crippen molar-refractivity contribution >= 4 is 49.8 Å². The van der Waals surface area contributed by atoms with Crippen LogP contribution < -0.4 is 4.90 Å². The summed E-state index contributed by atoms with van der Waals surface area (Å²) in [5, 5.41) is 4.91. The molecule has 2 nitrogen and oxygen atoms in total. The lowest BCUT2D eigenvalue weighted by atomic mass is 9.72. The second kappa shape index (κ2) is 9.74. The summed E-state index contributed by atoms with van der Waals surface area (Å²) in [5.74, 6) is 0. The summed E-state index contributed by atoms with van der Waals surface area (Å²) in [6, 6.07) is 49.1.